The maximum absolute atomic E-state index is 4.79. The minimum atomic E-state index is 0.901. The molecule has 0 bridgehead atoms. The van der Waals surface area contributed by atoms with Gasteiger partial charge in [-0.15, -0.1) is 0 Å². The lowest BCUT2D eigenvalue weighted by molar-refractivity contribution is 0.171. The molecule has 0 radical (unpaired) electrons. The lowest BCUT2D eigenvalue weighted by Gasteiger charge is -2.31. The Labute approximate surface area is 127 Å². The summed E-state index contributed by atoms with van der Waals surface area (Å²) < 4.78 is 0. The quantitative estimate of drug-likeness (QED) is 0.914. The molecule has 1 saturated heterocycles. The van der Waals surface area contributed by atoms with Crippen molar-refractivity contribution in [1.29, 1.82) is 0 Å². The molecule has 0 atom stereocenters. The Balaban J connectivity index is 1.56. The molecule has 3 nitrogen and oxygen atoms in total. The number of piperidine rings is 1. The van der Waals surface area contributed by atoms with Crippen molar-refractivity contribution in [3.05, 3.63) is 42.1 Å². The highest BCUT2D eigenvalue weighted by molar-refractivity contribution is 5.78. The summed E-state index contributed by atoms with van der Waals surface area (Å²) in [5.41, 5.74) is 2.31. The van der Waals surface area contributed by atoms with E-state index in [1.54, 1.807) is 0 Å². The Morgan fingerprint density at radius 3 is 2.76 bits per heavy atom. The van der Waals surface area contributed by atoms with Crippen molar-refractivity contribution in [2.24, 2.45) is 5.92 Å². The summed E-state index contributed by atoms with van der Waals surface area (Å²) in [4.78, 5) is 7.33. The van der Waals surface area contributed by atoms with Gasteiger partial charge in [-0.3, -0.25) is 9.88 Å². The Morgan fingerprint density at radius 2 is 1.95 bits per heavy atom. The molecule has 3 heteroatoms. The van der Waals surface area contributed by atoms with E-state index in [4.69, 9.17) is 4.98 Å². The molecular weight excluding hydrogens is 258 g/mol. The first-order valence-electron chi connectivity index (χ1n) is 8.07. The molecule has 112 valence electrons. The zero-order valence-electron chi connectivity index (χ0n) is 12.9. The zero-order chi connectivity index (χ0) is 14.5. The standard InChI is InChI=1S/C18H25N3/c1-19-11-8-15-9-12-21(13-10-15)14-17-7-6-16-4-2-3-5-18(16)20-17/h2-7,15,19H,8-14H2,1H3. The van der Waals surface area contributed by atoms with Crippen LogP contribution in [0.1, 0.15) is 25.0 Å². The number of para-hydroxylation sites is 1. The van der Waals surface area contributed by atoms with Gasteiger partial charge < -0.3 is 5.32 Å². The lowest BCUT2D eigenvalue weighted by atomic mass is 9.93. The molecule has 2 heterocycles. The maximum Gasteiger partial charge on any atom is 0.0705 e. The molecule has 1 aliphatic rings. The first kappa shape index (κ1) is 14.5. The third kappa shape index (κ3) is 3.80. The largest absolute Gasteiger partial charge is 0.320 e. The van der Waals surface area contributed by atoms with Crippen molar-refractivity contribution >= 4 is 10.9 Å². The van der Waals surface area contributed by atoms with Gasteiger partial charge in [0, 0.05) is 11.9 Å². The second-order valence-electron chi connectivity index (χ2n) is 6.11. The number of rotatable bonds is 5. The van der Waals surface area contributed by atoms with Crippen molar-refractivity contribution < 1.29 is 0 Å². The van der Waals surface area contributed by atoms with Crippen molar-refractivity contribution in [3.63, 3.8) is 0 Å². The summed E-state index contributed by atoms with van der Waals surface area (Å²) in [6.07, 6.45) is 3.98. The Bertz CT molecular complexity index is 573. The fourth-order valence-corrected chi connectivity index (χ4v) is 3.21. The van der Waals surface area contributed by atoms with Gasteiger partial charge in [-0.05, 0) is 64.0 Å². The van der Waals surface area contributed by atoms with Gasteiger partial charge in [0.15, 0.2) is 0 Å². The van der Waals surface area contributed by atoms with E-state index in [0.717, 1.165) is 24.5 Å². The number of benzene rings is 1. The molecule has 0 spiro atoms. The van der Waals surface area contributed by atoms with Gasteiger partial charge in [-0.2, -0.15) is 0 Å². The van der Waals surface area contributed by atoms with E-state index in [2.05, 4.69) is 46.6 Å². The van der Waals surface area contributed by atoms with Crippen LogP contribution in [-0.2, 0) is 6.54 Å². The van der Waals surface area contributed by atoms with Crippen molar-refractivity contribution in [3.8, 4) is 0 Å². The predicted octanol–water partition coefficient (Wildman–Crippen LogP) is 3.06. The Kier molecular flexibility index (Phi) is 4.84. The first-order chi connectivity index (χ1) is 10.3. The van der Waals surface area contributed by atoms with Gasteiger partial charge in [-0.25, -0.2) is 0 Å². The molecule has 0 unspecified atom stereocenters. The summed E-state index contributed by atoms with van der Waals surface area (Å²) in [5.74, 6) is 0.901. The van der Waals surface area contributed by atoms with E-state index >= 15 is 0 Å². The maximum atomic E-state index is 4.79. The topological polar surface area (TPSA) is 28.2 Å². The van der Waals surface area contributed by atoms with Crippen LogP contribution in [-0.4, -0.2) is 36.6 Å². The summed E-state index contributed by atoms with van der Waals surface area (Å²) in [6.45, 7) is 4.56. The van der Waals surface area contributed by atoms with Crippen molar-refractivity contribution in [1.82, 2.24) is 15.2 Å². The Hall–Kier alpha value is -1.45. The van der Waals surface area contributed by atoms with E-state index in [1.165, 1.54) is 43.4 Å². The molecule has 1 aromatic carbocycles. The highest BCUT2D eigenvalue weighted by atomic mass is 15.1. The number of nitrogens with zero attached hydrogens (tertiary/aromatic N) is 2. The molecule has 1 N–H and O–H groups in total. The number of likely N-dealkylation sites (tertiary alicyclic amines) is 1. The molecule has 1 aliphatic heterocycles. The van der Waals surface area contributed by atoms with Crippen LogP contribution in [0.5, 0.6) is 0 Å². The second kappa shape index (κ2) is 7.01. The third-order valence-corrected chi connectivity index (χ3v) is 4.55. The normalized spacial score (nSPS) is 17.4. The van der Waals surface area contributed by atoms with Crippen LogP contribution in [0.4, 0.5) is 0 Å². The molecule has 3 rings (SSSR count). The van der Waals surface area contributed by atoms with Gasteiger partial charge in [0.1, 0.15) is 0 Å². The van der Waals surface area contributed by atoms with E-state index < -0.39 is 0 Å². The van der Waals surface area contributed by atoms with Crippen molar-refractivity contribution in [2.45, 2.75) is 25.8 Å². The molecule has 0 saturated carbocycles. The van der Waals surface area contributed by atoms with Crippen LogP contribution in [0.3, 0.4) is 0 Å². The lowest BCUT2D eigenvalue weighted by Crippen LogP contribution is -2.34. The highest BCUT2D eigenvalue weighted by Gasteiger charge is 2.19. The third-order valence-electron chi connectivity index (χ3n) is 4.55. The summed E-state index contributed by atoms with van der Waals surface area (Å²) in [7, 11) is 2.04. The molecule has 0 amide bonds. The monoisotopic (exact) mass is 283 g/mol. The molecule has 1 fully saturated rings. The van der Waals surface area contributed by atoms with E-state index in [9.17, 15) is 0 Å². The molecule has 0 aliphatic carbocycles. The van der Waals surface area contributed by atoms with Crippen LogP contribution in [0, 0.1) is 5.92 Å². The smallest absolute Gasteiger partial charge is 0.0705 e. The van der Waals surface area contributed by atoms with E-state index in [1.807, 2.05) is 7.05 Å². The molecule has 2 aromatic rings. The fraction of sp³-hybridized carbons (Fsp3) is 0.500. The fourth-order valence-electron chi connectivity index (χ4n) is 3.21. The number of hydrogen-bond donors (Lipinski definition) is 1. The highest BCUT2D eigenvalue weighted by Crippen LogP contribution is 2.21. The number of hydrogen-bond acceptors (Lipinski definition) is 3. The summed E-state index contributed by atoms with van der Waals surface area (Å²) in [6, 6.07) is 12.7. The van der Waals surface area contributed by atoms with Crippen LogP contribution in [0.15, 0.2) is 36.4 Å². The van der Waals surface area contributed by atoms with Crippen LogP contribution < -0.4 is 5.32 Å². The summed E-state index contributed by atoms with van der Waals surface area (Å²) in [5, 5.41) is 4.49. The number of nitrogens with one attached hydrogen (secondary N) is 1. The predicted molar refractivity (Wildman–Crippen MR) is 88.3 cm³/mol. The number of fused-ring (bicyclic) bond motifs is 1. The van der Waals surface area contributed by atoms with Gasteiger partial charge in [0.05, 0.1) is 11.2 Å². The second-order valence-corrected chi connectivity index (χ2v) is 6.11. The summed E-state index contributed by atoms with van der Waals surface area (Å²) >= 11 is 0. The van der Waals surface area contributed by atoms with Gasteiger partial charge in [0.2, 0.25) is 0 Å². The van der Waals surface area contributed by atoms with Crippen molar-refractivity contribution in [2.75, 3.05) is 26.7 Å². The number of aromatic nitrogens is 1. The average molecular weight is 283 g/mol. The first-order valence-corrected chi connectivity index (χ1v) is 8.07. The minimum Gasteiger partial charge on any atom is -0.320 e. The Morgan fingerprint density at radius 1 is 1.14 bits per heavy atom. The van der Waals surface area contributed by atoms with E-state index in [0.29, 0.717) is 0 Å². The zero-order valence-corrected chi connectivity index (χ0v) is 12.9. The minimum absolute atomic E-state index is 0.901. The van der Waals surface area contributed by atoms with Gasteiger partial charge in [-0.1, -0.05) is 24.3 Å². The molecular formula is C18H25N3. The average Bonchev–Trinajstić information content (AvgIpc) is 2.54. The van der Waals surface area contributed by atoms with Gasteiger partial charge >= 0.3 is 0 Å². The SMILES string of the molecule is CNCCC1CCN(Cc2ccc3ccccc3n2)CC1. The van der Waals surface area contributed by atoms with Crippen LogP contribution in [0.25, 0.3) is 10.9 Å². The van der Waals surface area contributed by atoms with Crippen LogP contribution in [0.2, 0.25) is 0 Å². The molecule has 21 heavy (non-hydrogen) atoms. The van der Waals surface area contributed by atoms with Gasteiger partial charge in [0.25, 0.3) is 0 Å². The molecule has 1 aromatic heterocycles. The number of pyridine rings is 1. The van der Waals surface area contributed by atoms with Crippen LogP contribution >= 0.6 is 0 Å². The van der Waals surface area contributed by atoms with E-state index in [-0.39, 0.29) is 0 Å².